The van der Waals surface area contributed by atoms with Gasteiger partial charge in [-0.1, -0.05) is 26.8 Å². The molecule has 15 heavy (non-hydrogen) atoms. The number of hydrogen-bond acceptors (Lipinski definition) is 2. The maximum absolute atomic E-state index is 4.12. The molecular weight excluding hydrogens is 184 g/mol. The van der Waals surface area contributed by atoms with E-state index in [-0.39, 0.29) is 0 Å². The zero-order valence-electron chi connectivity index (χ0n) is 10.6. The highest BCUT2D eigenvalue weighted by atomic mass is 15.1. The fourth-order valence-corrected chi connectivity index (χ4v) is 1.74. The Hall–Kier alpha value is -0.340. The van der Waals surface area contributed by atoms with Crippen LogP contribution in [-0.2, 0) is 0 Å². The van der Waals surface area contributed by atoms with E-state index in [1.54, 1.807) is 0 Å². The number of likely N-dealkylation sites (N-methyl/N-ethyl adjacent to an activating group) is 1. The molecule has 1 atom stereocenters. The molecule has 2 heteroatoms. The van der Waals surface area contributed by atoms with Crippen LogP contribution in [0.3, 0.4) is 0 Å². The van der Waals surface area contributed by atoms with E-state index in [9.17, 15) is 0 Å². The van der Waals surface area contributed by atoms with E-state index in [4.69, 9.17) is 0 Å². The van der Waals surface area contributed by atoms with Crippen LogP contribution in [0.4, 0.5) is 0 Å². The zero-order valence-corrected chi connectivity index (χ0v) is 10.6. The van der Waals surface area contributed by atoms with Crippen molar-refractivity contribution >= 4 is 0 Å². The lowest BCUT2D eigenvalue weighted by molar-refractivity contribution is 0.300. The molecule has 1 rings (SSSR count). The highest BCUT2D eigenvalue weighted by Gasteiger charge is 2.20. The first kappa shape index (κ1) is 12.7. The van der Waals surface area contributed by atoms with Crippen molar-refractivity contribution in [1.82, 2.24) is 10.2 Å². The normalized spacial score (nSPS) is 18.1. The predicted octanol–water partition coefficient (Wildman–Crippen LogP) is 2.27. The van der Waals surface area contributed by atoms with Crippen molar-refractivity contribution in [3.63, 3.8) is 0 Å². The van der Waals surface area contributed by atoms with Gasteiger partial charge in [0.1, 0.15) is 0 Å². The van der Waals surface area contributed by atoms with Crippen LogP contribution in [-0.4, -0.2) is 37.6 Å². The Bertz CT molecular complexity index is 197. The summed E-state index contributed by atoms with van der Waals surface area (Å²) in [5.74, 6) is 0.791. The largest absolute Gasteiger partial charge is 0.310 e. The number of hydrogen-bond donors (Lipinski definition) is 1. The first-order valence-corrected chi connectivity index (χ1v) is 6.20. The molecule has 0 aromatic rings. The highest BCUT2D eigenvalue weighted by molar-refractivity contribution is 5.01. The van der Waals surface area contributed by atoms with E-state index in [2.05, 4.69) is 37.7 Å². The summed E-state index contributed by atoms with van der Waals surface area (Å²) in [7, 11) is 2.19. The van der Waals surface area contributed by atoms with Gasteiger partial charge >= 0.3 is 0 Å². The van der Waals surface area contributed by atoms with Gasteiger partial charge in [-0.15, -0.1) is 0 Å². The third-order valence-electron chi connectivity index (χ3n) is 3.03. The summed E-state index contributed by atoms with van der Waals surface area (Å²) in [4.78, 5) is 2.38. The molecule has 0 aliphatic heterocycles. The molecule has 0 aromatic carbocycles. The number of rotatable bonds is 8. The molecule has 1 fully saturated rings. The maximum atomic E-state index is 4.12. The molecule has 0 bridgehead atoms. The van der Waals surface area contributed by atoms with Crippen LogP contribution in [0.25, 0.3) is 0 Å². The summed E-state index contributed by atoms with van der Waals surface area (Å²) in [6, 6.07) is 0.793. The minimum atomic E-state index is 0.791. The highest BCUT2D eigenvalue weighted by Crippen LogP contribution is 2.18. The molecule has 0 saturated heterocycles. The van der Waals surface area contributed by atoms with Gasteiger partial charge in [-0.3, -0.25) is 0 Å². The molecular formula is C13H26N2. The Balaban J connectivity index is 2.06. The van der Waals surface area contributed by atoms with E-state index < -0.39 is 0 Å². The van der Waals surface area contributed by atoms with Crippen molar-refractivity contribution < 1.29 is 0 Å². The Labute approximate surface area is 94.7 Å². The van der Waals surface area contributed by atoms with Crippen molar-refractivity contribution in [3.8, 4) is 0 Å². The second kappa shape index (κ2) is 6.29. The van der Waals surface area contributed by atoms with Gasteiger partial charge in [0.2, 0.25) is 0 Å². The summed E-state index contributed by atoms with van der Waals surface area (Å²) in [5, 5.41) is 3.50. The van der Waals surface area contributed by atoms with Crippen LogP contribution in [0.15, 0.2) is 12.2 Å². The van der Waals surface area contributed by atoms with Crippen LogP contribution in [0.5, 0.6) is 0 Å². The Morgan fingerprint density at radius 2 is 2.20 bits per heavy atom. The Morgan fingerprint density at radius 1 is 1.53 bits per heavy atom. The first-order chi connectivity index (χ1) is 7.11. The van der Waals surface area contributed by atoms with Gasteiger partial charge < -0.3 is 10.2 Å². The van der Waals surface area contributed by atoms with Crippen molar-refractivity contribution in [2.75, 3.05) is 26.7 Å². The van der Waals surface area contributed by atoms with E-state index >= 15 is 0 Å². The van der Waals surface area contributed by atoms with Gasteiger partial charge in [-0.2, -0.15) is 0 Å². The minimum absolute atomic E-state index is 0.791. The Kier molecular flexibility index (Phi) is 5.34. The fraction of sp³-hybridized carbons (Fsp3) is 0.846. The van der Waals surface area contributed by atoms with E-state index in [0.29, 0.717) is 0 Å². The van der Waals surface area contributed by atoms with Crippen LogP contribution >= 0.6 is 0 Å². The standard InChI is InChI=1S/C13H26N2/c1-5-11(2)9-15(4)10-12(3)8-14-13-6-7-13/h11,13-14H,3,5-10H2,1-2,4H3. The second-order valence-electron chi connectivity index (χ2n) is 5.12. The molecule has 1 N–H and O–H groups in total. The average Bonchev–Trinajstić information content (AvgIpc) is 2.97. The van der Waals surface area contributed by atoms with E-state index in [1.807, 2.05) is 0 Å². The summed E-state index contributed by atoms with van der Waals surface area (Å²) >= 11 is 0. The molecule has 0 amide bonds. The number of nitrogens with one attached hydrogen (secondary N) is 1. The third kappa shape index (κ3) is 5.95. The molecule has 1 saturated carbocycles. The van der Waals surface area contributed by atoms with Gasteiger partial charge in [0.15, 0.2) is 0 Å². The molecule has 88 valence electrons. The van der Waals surface area contributed by atoms with Gasteiger partial charge in [-0.25, -0.2) is 0 Å². The molecule has 0 radical (unpaired) electrons. The summed E-state index contributed by atoms with van der Waals surface area (Å²) in [6.45, 7) is 11.9. The van der Waals surface area contributed by atoms with Crippen molar-refractivity contribution in [2.45, 2.75) is 39.2 Å². The van der Waals surface area contributed by atoms with Gasteiger partial charge in [0.05, 0.1) is 0 Å². The van der Waals surface area contributed by atoms with Crippen molar-refractivity contribution in [3.05, 3.63) is 12.2 Å². The van der Waals surface area contributed by atoms with Crippen molar-refractivity contribution in [2.24, 2.45) is 5.92 Å². The SMILES string of the molecule is C=C(CNC1CC1)CN(C)CC(C)CC. The summed E-state index contributed by atoms with van der Waals surface area (Å²) in [5.41, 5.74) is 1.31. The van der Waals surface area contributed by atoms with Crippen molar-refractivity contribution in [1.29, 1.82) is 0 Å². The monoisotopic (exact) mass is 210 g/mol. The maximum Gasteiger partial charge on any atom is 0.0199 e. The van der Waals surface area contributed by atoms with Crippen LogP contribution in [0.2, 0.25) is 0 Å². The lowest BCUT2D eigenvalue weighted by atomic mass is 10.1. The molecule has 1 aliphatic rings. The molecule has 0 spiro atoms. The zero-order chi connectivity index (χ0) is 11.3. The third-order valence-corrected chi connectivity index (χ3v) is 3.03. The lowest BCUT2D eigenvalue weighted by Gasteiger charge is -2.21. The molecule has 2 nitrogen and oxygen atoms in total. The number of nitrogens with zero attached hydrogens (tertiary/aromatic N) is 1. The van der Waals surface area contributed by atoms with Gasteiger partial charge in [-0.05, 0) is 31.4 Å². The lowest BCUT2D eigenvalue weighted by Crippen LogP contribution is -2.29. The van der Waals surface area contributed by atoms with Crippen LogP contribution in [0, 0.1) is 5.92 Å². The van der Waals surface area contributed by atoms with Crippen LogP contribution in [0.1, 0.15) is 33.1 Å². The minimum Gasteiger partial charge on any atom is -0.310 e. The smallest absolute Gasteiger partial charge is 0.0199 e. The molecule has 1 aliphatic carbocycles. The second-order valence-corrected chi connectivity index (χ2v) is 5.12. The van der Waals surface area contributed by atoms with E-state index in [1.165, 1.54) is 31.4 Å². The Morgan fingerprint density at radius 3 is 2.73 bits per heavy atom. The average molecular weight is 210 g/mol. The van der Waals surface area contributed by atoms with E-state index in [0.717, 1.165) is 25.0 Å². The molecule has 0 aromatic heterocycles. The molecule has 0 heterocycles. The summed E-state index contributed by atoms with van der Waals surface area (Å²) < 4.78 is 0. The predicted molar refractivity (Wildman–Crippen MR) is 67.1 cm³/mol. The quantitative estimate of drug-likeness (QED) is 0.618. The summed E-state index contributed by atoms with van der Waals surface area (Å²) in [6.07, 6.45) is 3.98. The fourth-order valence-electron chi connectivity index (χ4n) is 1.74. The first-order valence-electron chi connectivity index (χ1n) is 6.20. The molecule has 1 unspecified atom stereocenters. The topological polar surface area (TPSA) is 15.3 Å². The van der Waals surface area contributed by atoms with Gasteiger partial charge in [0, 0.05) is 25.7 Å². The van der Waals surface area contributed by atoms with Crippen LogP contribution < -0.4 is 5.32 Å². The van der Waals surface area contributed by atoms with Gasteiger partial charge in [0.25, 0.3) is 0 Å².